The molecule has 2 aliphatic rings. The molecule has 166 valence electrons. The Bertz CT molecular complexity index is 933. The van der Waals surface area contributed by atoms with Crippen LogP contribution in [0.1, 0.15) is 6.42 Å². The number of rotatable bonds is 7. The number of aliphatic hydroxyl groups excluding tert-OH is 1. The van der Waals surface area contributed by atoms with E-state index < -0.39 is 19.5 Å². The van der Waals surface area contributed by atoms with Crippen LogP contribution in [-0.4, -0.2) is 98.3 Å². The van der Waals surface area contributed by atoms with E-state index in [1.807, 2.05) is 0 Å². The lowest BCUT2D eigenvalue weighted by Gasteiger charge is -2.27. The Morgan fingerprint density at radius 2 is 2.07 bits per heavy atom. The van der Waals surface area contributed by atoms with Crippen LogP contribution in [-0.2, 0) is 20.8 Å². The Balaban J connectivity index is 1.46. The third-order valence-electron chi connectivity index (χ3n) is 5.01. The Morgan fingerprint density at radius 3 is 2.80 bits per heavy atom. The van der Waals surface area contributed by atoms with Crippen LogP contribution in [0.25, 0.3) is 11.2 Å². The molecule has 13 heteroatoms. The highest BCUT2D eigenvalue weighted by Gasteiger charge is 2.35. The summed E-state index contributed by atoms with van der Waals surface area (Å²) in [5.74, 6) is 0.666. The van der Waals surface area contributed by atoms with Gasteiger partial charge in [0.2, 0.25) is 5.28 Å². The van der Waals surface area contributed by atoms with Gasteiger partial charge in [-0.1, -0.05) is 0 Å². The minimum atomic E-state index is -3.24. The number of halogens is 1. The van der Waals surface area contributed by atoms with Gasteiger partial charge in [0.15, 0.2) is 17.0 Å². The molecule has 1 unspecified atom stereocenters. The van der Waals surface area contributed by atoms with E-state index in [0.717, 1.165) is 0 Å². The molecule has 0 aromatic carbocycles. The molecule has 2 aromatic heterocycles. The molecule has 0 saturated carbocycles. The zero-order chi connectivity index (χ0) is 21.3. The highest BCUT2D eigenvalue weighted by Crippen LogP contribution is 2.34. The van der Waals surface area contributed by atoms with Crippen molar-refractivity contribution in [2.24, 2.45) is 0 Å². The lowest BCUT2D eigenvalue weighted by molar-refractivity contribution is -0.0279. The first-order valence-corrected chi connectivity index (χ1v) is 12.0. The molecule has 0 spiro atoms. The quantitative estimate of drug-likeness (QED) is 0.384. The first kappa shape index (κ1) is 21.9. The van der Waals surface area contributed by atoms with Crippen molar-refractivity contribution in [1.82, 2.24) is 19.5 Å². The van der Waals surface area contributed by atoms with Crippen LogP contribution < -0.4 is 4.90 Å². The molecule has 0 radical (unpaired) electrons. The number of hydrogen-bond acceptors (Lipinski definition) is 10. The highest BCUT2D eigenvalue weighted by atomic mass is 35.5. The monoisotopic (exact) mass is 461 g/mol. The number of hydrogen-bond donors (Lipinski definition) is 3. The molecule has 2 fully saturated rings. The van der Waals surface area contributed by atoms with Crippen LogP contribution in [0, 0.1) is 0 Å². The molecule has 0 bridgehead atoms. The number of morpholine rings is 1. The van der Waals surface area contributed by atoms with Gasteiger partial charge in [0.05, 0.1) is 44.9 Å². The second-order valence-electron chi connectivity index (χ2n) is 7.46. The van der Waals surface area contributed by atoms with Crippen molar-refractivity contribution in [1.29, 1.82) is 0 Å². The average molecular weight is 462 g/mol. The van der Waals surface area contributed by atoms with Gasteiger partial charge in [0, 0.05) is 19.5 Å². The maximum absolute atomic E-state index is 10.4. The standard InChI is InChI=1S/C17H25ClN5O6P/c1-30(25,26)10-28-8-11-6-12(24)13(29-11)7-23-9-19-14-15(20-17(18)21-16(14)23)22-2-4-27-5-3-22/h9,11-13,24-26H,1-8,10H2/t11-,12+,13?/m0/s1. The molecular formula is C17H25ClN5O6P. The van der Waals surface area contributed by atoms with E-state index in [9.17, 15) is 14.9 Å². The molecular weight excluding hydrogens is 437 g/mol. The van der Waals surface area contributed by atoms with Gasteiger partial charge in [0.1, 0.15) is 19.8 Å². The smallest absolute Gasteiger partial charge is 0.226 e. The summed E-state index contributed by atoms with van der Waals surface area (Å²) in [6.45, 7) is 3.08. The molecule has 2 saturated heterocycles. The number of ether oxygens (including phenoxy) is 3. The summed E-state index contributed by atoms with van der Waals surface area (Å²) in [4.78, 5) is 33.8. The number of anilines is 1. The fourth-order valence-corrected chi connectivity index (χ4v) is 4.20. The average Bonchev–Trinajstić information content (AvgIpc) is 3.24. The molecule has 3 N–H and O–H groups in total. The van der Waals surface area contributed by atoms with Gasteiger partial charge in [-0.15, -0.1) is 0 Å². The molecule has 3 atom stereocenters. The summed E-state index contributed by atoms with van der Waals surface area (Å²) in [5.41, 5.74) is 1.20. The first-order chi connectivity index (χ1) is 14.3. The van der Waals surface area contributed by atoms with Crippen molar-refractivity contribution in [2.75, 3.05) is 44.2 Å². The summed E-state index contributed by atoms with van der Waals surface area (Å²) in [6, 6.07) is 0. The van der Waals surface area contributed by atoms with Crippen molar-refractivity contribution in [3.63, 3.8) is 0 Å². The van der Waals surface area contributed by atoms with Gasteiger partial charge in [-0.2, -0.15) is 9.97 Å². The Morgan fingerprint density at radius 1 is 1.30 bits per heavy atom. The summed E-state index contributed by atoms with van der Waals surface area (Å²) in [6.07, 6.45) is 3.50. The van der Waals surface area contributed by atoms with Gasteiger partial charge in [-0.05, 0) is 17.9 Å². The SMILES string of the molecule is C=P(O)(O)COC[C@@H]1C[C@@H](O)C(Cn2cnc3c(N4CCOCC4)nc(Cl)nc32)O1. The van der Waals surface area contributed by atoms with E-state index >= 15 is 0 Å². The van der Waals surface area contributed by atoms with Crippen LogP contribution in [0.2, 0.25) is 5.28 Å². The molecule has 4 heterocycles. The fourth-order valence-electron chi connectivity index (χ4n) is 3.64. The van der Waals surface area contributed by atoms with Gasteiger partial charge >= 0.3 is 0 Å². The third-order valence-corrected chi connectivity index (χ3v) is 5.77. The summed E-state index contributed by atoms with van der Waals surface area (Å²) < 4.78 is 18.3. The molecule has 0 aliphatic carbocycles. The van der Waals surface area contributed by atoms with Crippen LogP contribution in [0.3, 0.4) is 0 Å². The minimum Gasteiger partial charge on any atom is -0.390 e. The van der Waals surface area contributed by atoms with Crippen molar-refractivity contribution in [3.05, 3.63) is 11.6 Å². The maximum Gasteiger partial charge on any atom is 0.226 e. The van der Waals surface area contributed by atoms with E-state index in [-0.39, 0.29) is 24.3 Å². The predicted molar refractivity (Wildman–Crippen MR) is 112 cm³/mol. The lowest BCUT2D eigenvalue weighted by atomic mass is 10.1. The number of imidazole rings is 1. The molecule has 30 heavy (non-hydrogen) atoms. The normalized spacial score (nSPS) is 25.3. The van der Waals surface area contributed by atoms with Gasteiger partial charge in [-0.3, -0.25) is 0 Å². The van der Waals surface area contributed by atoms with E-state index in [4.69, 9.17) is 25.8 Å². The second-order valence-corrected chi connectivity index (χ2v) is 9.82. The summed E-state index contributed by atoms with van der Waals surface area (Å²) in [5, 5.41) is 10.5. The molecule has 2 aromatic rings. The second kappa shape index (κ2) is 9.05. The van der Waals surface area contributed by atoms with E-state index in [1.165, 1.54) is 0 Å². The number of nitrogens with zero attached hydrogens (tertiary/aromatic N) is 5. The van der Waals surface area contributed by atoms with E-state index in [2.05, 4.69) is 26.2 Å². The molecule has 4 rings (SSSR count). The predicted octanol–water partition coefficient (Wildman–Crippen LogP) is 0.0730. The summed E-state index contributed by atoms with van der Waals surface area (Å²) in [7, 11) is -3.24. The maximum atomic E-state index is 10.4. The van der Waals surface area contributed by atoms with E-state index in [1.54, 1.807) is 10.9 Å². The number of fused-ring (bicyclic) bond motifs is 1. The van der Waals surface area contributed by atoms with Gasteiger partial charge in [-0.25, -0.2) is 4.98 Å². The largest absolute Gasteiger partial charge is 0.390 e. The Labute approximate surface area is 178 Å². The zero-order valence-electron chi connectivity index (χ0n) is 16.3. The topological polar surface area (TPSA) is 135 Å². The molecule has 0 amide bonds. The summed E-state index contributed by atoms with van der Waals surface area (Å²) >= 11 is 6.17. The highest BCUT2D eigenvalue weighted by molar-refractivity contribution is 7.62. The lowest BCUT2D eigenvalue weighted by Crippen LogP contribution is -2.37. The van der Waals surface area contributed by atoms with Crippen LogP contribution in [0.4, 0.5) is 5.82 Å². The van der Waals surface area contributed by atoms with Gasteiger partial charge in [0.25, 0.3) is 0 Å². The Hall–Kier alpha value is -1.30. The number of aromatic nitrogens is 4. The van der Waals surface area contributed by atoms with Crippen molar-refractivity contribution in [2.45, 2.75) is 31.3 Å². The van der Waals surface area contributed by atoms with Crippen molar-refractivity contribution < 1.29 is 29.1 Å². The number of aliphatic hydroxyl groups is 1. The molecule has 11 nitrogen and oxygen atoms in total. The van der Waals surface area contributed by atoms with Crippen molar-refractivity contribution in [3.8, 4) is 0 Å². The van der Waals surface area contributed by atoms with Crippen molar-refractivity contribution >= 4 is 42.2 Å². The van der Waals surface area contributed by atoms with Crippen LogP contribution in [0.15, 0.2) is 6.33 Å². The zero-order valence-corrected chi connectivity index (χ0v) is 18.0. The van der Waals surface area contributed by atoms with Gasteiger partial charge < -0.3 is 38.6 Å². The van der Waals surface area contributed by atoms with Crippen LogP contribution >= 0.6 is 18.9 Å². The fraction of sp³-hybridized carbons (Fsp3) is 0.647. The first-order valence-electron chi connectivity index (χ1n) is 9.60. The third kappa shape index (κ3) is 5.12. The molecule has 2 aliphatic heterocycles. The van der Waals surface area contributed by atoms with Crippen LogP contribution in [0.5, 0.6) is 0 Å². The Kier molecular flexibility index (Phi) is 6.61. The minimum absolute atomic E-state index is 0.123. The van der Waals surface area contributed by atoms with E-state index in [0.29, 0.717) is 56.3 Å².